The number of methoxy groups -OCH3 is 1. The molecule has 0 N–H and O–H groups in total. The van der Waals surface area contributed by atoms with E-state index in [1.807, 2.05) is 30.3 Å². The molecule has 0 unspecified atom stereocenters. The molecule has 0 atom stereocenters. The summed E-state index contributed by atoms with van der Waals surface area (Å²) in [4.78, 5) is 26.1. The van der Waals surface area contributed by atoms with E-state index in [2.05, 4.69) is 49.8 Å². The number of ether oxygens (including phenoxy) is 2. The predicted octanol–water partition coefficient (Wildman–Crippen LogP) is 5.72. The summed E-state index contributed by atoms with van der Waals surface area (Å²) in [6.45, 7) is 7.49. The van der Waals surface area contributed by atoms with Crippen LogP contribution in [-0.2, 0) is 26.3 Å². The fourth-order valence-electron chi connectivity index (χ4n) is 3.26. The van der Waals surface area contributed by atoms with Crippen LogP contribution >= 0.6 is 24.0 Å². The zero-order chi connectivity index (χ0) is 24.0. The molecule has 1 aliphatic rings. The predicted molar refractivity (Wildman–Crippen MR) is 137 cm³/mol. The van der Waals surface area contributed by atoms with E-state index >= 15 is 0 Å². The highest BCUT2D eigenvalue weighted by molar-refractivity contribution is 8.26. The van der Waals surface area contributed by atoms with Gasteiger partial charge in [-0.15, -0.1) is 0 Å². The lowest BCUT2D eigenvalue weighted by molar-refractivity contribution is -0.141. The first-order chi connectivity index (χ1) is 15.7. The normalized spacial score (nSPS) is 15.3. The SMILES string of the molecule is COC(=O)CCCN1C(=O)/C(=C\c2ccc(OCc3ccc(C(C)(C)C)cc3)cc2)SC1=S. The molecular weight excluding hydrogens is 454 g/mol. The minimum absolute atomic E-state index is 0.131. The van der Waals surface area contributed by atoms with E-state index in [0.29, 0.717) is 28.8 Å². The lowest BCUT2D eigenvalue weighted by Crippen LogP contribution is -2.29. The number of esters is 1. The number of amides is 1. The lowest BCUT2D eigenvalue weighted by Gasteiger charge is -2.19. The van der Waals surface area contributed by atoms with Gasteiger partial charge in [-0.1, -0.05) is 81.1 Å². The zero-order valence-electron chi connectivity index (χ0n) is 19.4. The van der Waals surface area contributed by atoms with Crippen molar-refractivity contribution in [3.63, 3.8) is 0 Å². The molecule has 1 saturated heterocycles. The number of rotatable bonds is 8. The summed E-state index contributed by atoms with van der Waals surface area (Å²) in [7, 11) is 1.35. The molecule has 1 heterocycles. The molecule has 1 amide bonds. The summed E-state index contributed by atoms with van der Waals surface area (Å²) in [5, 5.41) is 0. The van der Waals surface area contributed by atoms with Crippen molar-refractivity contribution in [2.45, 2.75) is 45.6 Å². The van der Waals surface area contributed by atoms with Gasteiger partial charge in [-0.25, -0.2) is 0 Å². The van der Waals surface area contributed by atoms with Crippen molar-refractivity contribution in [3.8, 4) is 5.75 Å². The second-order valence-corrected chi connectivity index (χ2v) is 10.5. The Bertz CT molecular complexity index is 1040. The van der Waals surface area contributed by atoms with Crippen LogP contribution < -0.4 is 4.74 Å². The number of benzene rings is 2. The van der Waals surface area contributed by atoms with Gasteiger partial charge in [0.1, 0.15) is 16.7 Å². The van der Waals surface area contributed by atoms with Crippen LogP contribution in [0.5, 0.6) is 5.75 Å². The van der Waals surface area contributed by atoms with Crippen molar-refractivity contribution in [3.05, 3.63) is 70.1 Å². The Morgan fingerprint density at radius 3 is 2.36 bits per heavy atom. The van der Waals surface area contributed by atoms with Gasteiger partial charge in [-0.05, 0) is 46.7 Å². The molecule has 0 aliphatic carbocycles. The molecular formula is C26H29NO4S2. The van der Waals surface area contributed by atoms with Crippen LogP contribution in [0.3, 0.4) is 0 Å². The minimum Gasteiger partial charge on any atom is -0.489 e. The molecule has 33 heavy (non-hydrogen) atoms. The van der Waals surface area contributed by atoms with E-state index in [9.17, 15) is 9.59 Å². The maximum atomic E-state index is 12.7. The molecule has 1 aliphatic heterocycles. The van der Waals surface area contributed by atoms with Gasteiger partial charge in [0.2, 0.25) is 0 Å². The van der Waals surface area contributed by atoms with E-state index in [4.69, 9.17) is 17.0 Å². The first-order valence-corrected chi connectivity index (χ1v) is 12.0. The quantitative estimate of drug-likeness (QED) is 0.272. The highest BCUT2D eigenvalue weighted by Crippen LogP contribution is 2.33. The Balaban J connectivity index is 1.56. The molecule has 0 bridgehead atoms. The summed E-state index contributed by atoms with van der Waals surface area (Å²) >= 11 is 6.62. The number of hydrogen-bond acceptors (Lipinski definition) is 6. The van der Waals surface area contributed by atoms with E-state index in [-0.39, 0.29) is 23.7 Å². The van der Waals surface area contributed by atoms with E-state index in [1.165, 1.54) is 29.3 Å². The summed E-state index contributed by atoms with van der Waals surface area (Å²) in [6.07, 6.45) is 2.60. The number of carbonyl (C=O) groups excluding carboxylic acids is 2. The van der Waals surface area contributed by atoms with E-state index < -0.39 is 0 Å². The Labute approximate surface area is 205 Å². The smallest absolute Gasteiger partial charge is 0.305 e. The molecule has 3 rings (SSSR count). The van der Waals surface area contributed by atoms with Crippen molar-refractivity contribution in [1.29, 1.82) is 0 Å². The standard InChI is InChI=1S/C26H29NO4S2/c1-26(2,3)20-11-7-19(8-12-20)17-31-21-13-9-18(10-14-21)16-22-24(29)27(25(32)33-22)15-5-6-23(28)30-4/h7-14,16H,5-6,15,17H2,1-4H3/b22-16+. The average molecular weight is 484 g/mol. The van der Waals surface area contributed by atoms with Crippen molar-refractivity contribution in [2.75, 3.05) is 13.7 Å². The van der Waals surface area contributed by atoms with Crippen LogP contribution in [0, 0.1) is 0 Å². The molecule has 2 aromatic rings. The lowest BCUT2D eigenvalue weighted by atomic mass is 9.87. The fourth-order valence-corrected chi connectivity index (χ4v) is 4.56. The highest BCUT2D eigenvalue weighted by Gasteiger charge is 2.31. The minimum atomic E-state index is -0.291. The monoisotopic (exact) mass is 483 g/mol. The molecule has 5 nitrogen and oxygen atoms in total. The second-order valence-electron chi connectivity index (χ2n) is 8.82. The second kappa shape index (κ2) is 11.0. The van der Waals surface area contributed by atoms with Crippen LogP contribution in [0.15, 0.2) is 53.4 Å². The Hall–Kier alpha value is -2.64. The van der Waals surface area contributed by atoms with Gasteiger partial charge >= 0.3 is 5.97 Å². The summed E-state index contributed by atoms with van der Waals surface area (Å²) < 4.78 is 11.1. The van der Waals surface area contributed by atoms with Gasteiger partial charge < -0.3 is 9.47 Å². The number of carbonyl (C=O) groups is 2. The van der Waals surface area contributed by atoms with Crippen LogP contribution in [0.1, 0.15) is 50.3 Å². The topological polar surface area (TPSA) is 55.8 Å². The van der Waals surface area contributed by atoms with Crippen LogP contribution in [0.4, 0.5) is 0 Å². The van der Waals surface area contributed by atoms with Crippen LogP contribution in [0.2, 0.25) is 0 Å². The summed E-state index contributed by atoms with van der Waals surface area (Å²) in [6, 6.07) is 16.1. The third kappa shape index (κ3) is 6.92. The van der Waals surface area contributed by atoms with Gasteiger partial charge in [-0.2, -0.15) is 0 Å². The Morgan fingerprint density at radius 2 is 1.76 bits per heavy atom. The summed E-state index contributed by atoms with van der Waals surface area (Å²) in [5.41, 5.74) is 3.44. The Kier molecular flexibility index (Phi) is 8.32. The van der Waals surface area contributed by atoms with Crippen LogP contribution in [-0.4, -0.2) is 34.8 Å². The van der Waals surface area contributed by atoms with E-state index in [0.717, 1.165) is 16.9 Å². The Morgan fingerprint density at radius 1 is 1.09 bits per heavy atom. The fraction of sp³-hybridized carbons (Fsp3) is 0.346. The molecule has 0 aromatic heterocycles. The van der Waals surface area contributed by atoms with E-state index in [1.54, 1.807) is 0 Å². The number of thiocarbonyl (C=S) groups is 1. The largest absolute Gasteiger partial charge is 0.489 e. The highest BCUT2D eigenvalue weighted by atomic mass is 32.2. The third-order valence-corrected chi connectivity index (χ3v) is 6.64. The first-order valence-electron chi connectivity index (χ1n) is 10.8. The molecule has 1 fully saturated rings. The molecule has 0 saturated carbocycles. The maximum Gasteiger partial charge on any atom is 0.305 e. The average Bonchev–Trinajstić information content (AvgIpc) is 3.05. The van der Waals surface area contributed by atoms with Crippen LogP contribution in [0.25, 0.3) is 6.08 Å². The van der Waals surface area contributed by atoms with Crippen molar-refractivity contribution < 1.29 is 19.1 Å². The van der Waals surface area contributed by atoms with Crippen molar-refractivity contribution >= 4 is 46.3 Å². The number of hydrogen-bond donors (Lipinski definition) is 0. The molecule has 2 aromatic carbocycles. The van der Waals surface area contributed by atoms with Gasteiger partial charge in [0.15, 0.2) is 0 Å². The van der Waals surface area contributed by atoms with Gasteiger partial charge in [0.25, 0.3) is 5.91 Å². The molecule has 0 radical (unpaired) electrons. The molecule has 0 spiro atoms. The first kappa shape index (κ1) is 25.0. The third-order valence-electron chi connectivity index (χ3n) is 5.27. The van der Waals surface area contributed by atoms with Crippen molar-refractivity contribution in [1.82, 2.24) is 4.90 Å². The maximum absolute atomic E-state index is 12.7. The van der Waals surface area contributed by atoms with Gasteiger partial charge in [0, 0.05) is 13.0 Å². The molecule has 7 heteroatoms. The number of nitrogens with zero attached hydrogens (tertiary/aromatic N) is 1. The van der Waals surface area contributed by atoms with Gasteiger partial charge in [0.05, 0.1) is 12.0 Å². The van der Waals surface area contributed by atoms with Crippen molar-refractivity contribution in [2.24, 2.45) is 0 Å². The van der Waals surface area contributed by atoms with Gasteiger partial charge in [-0.3, -0.25) is 14.5 Å². The summed E-state index contributed by atoms with van der Waals surface area (Å²) in [5.74, 6) is 0.344. The number of thioether (sulfide) groups is 1. The molecule has 174 valence electrons. The zero-order valence-corrected chi connectivity index (χ0v) is 21.1.